The first kappa shape index (κ1) is 10.1. The van der Waals surface area contributed by atoms with E-state index in [1.165, 1.54) is 12.8 Å². The maximum absolute atomic E-state index is 4.85. The van der Waals surface area contributed by atoms with Crippen LogP contribution in [0.3, 0.4) is 0 Å². The molecule has 0 atom stereocenters. The number of unbranched alkanes of at least 4 members (excludes halogenated alkanes) is 1. The zero-order valence-corrected chi connectivity index (χ0v) is 5.70. The molecular formula is C6H15B. The Kier molecular flexibility index (Phi) is 24.0. The Hall–Kier alpha value is 0.0649. The number of rotatable bonds is 1. The molecule has 0 nitrogen and oxygen atoms in total. The molecule has 0 aliphatic rings. The van der Waals surface area contributed by atoms with Crippen LogP contribution in [0.25, 0.3) is 0 Å². The fourth-order valence-corrected chi connectivity index (χ4v) is 0. The number of hydrogen-bond donors (Lipinski definition) is 0. The minimum Gasteiger partial charge on any atom is -0.0915 e. The van der Waals surface area contributed by atoms with Crippen LogP contribution in [0.4, 0.5) is 0 Å². The third-order valence-corrected chi connectivity index (χ3v) is 0.500. The van der Waals surface area contributed by atoms with Gasteiger partial charge in [-0.05, 0) is 0 Å². The maximum atomic E-state index is 4.85. The van der Waals surface area contributed by atoms with Crippen LogP contribution in [-0.2, 0) is 0 Å². The van der Waals surface area contributed by atoms with Gasteiger partial charge in [0, 0.05) is 0 Å². The summed E-state index contributed by atoms with van der Waals surface area (Å²) in [5, 5.41) is 0. The SMILES string of the molecule is CCCC.[B]CC. The van der Waals surface area contributed by atoms with E-state index in [1.54, 1.807) is 0 Å². The second-order valence-corrected chi connectivity index (χ2v) is 1.41. The standard InChI is InChI=1S/C4H10.C2H5B/c1-3-4-2;1-2-3/h3-4H2,1-2H3;2H2,1H3. The minimum atomic E-state index is 0.750. The van der Waals surface area contributed by atoms with Gasteiger partial charge in [0.1, 0.15) is 0 Å². The molecule has 0 bridgehead atoms. The van der Waals surface area contributed by atoms with Gasteiger partial charge in [0.05, 0.1) is 7.85 Å². The normalized spacial score (nSPS) is 6.71. The minimum absolute atomic E-state index is 0.750. The Balaban J connectivity index is 0. The predicted octanol–water partition coefficient (Wildman–Crippen LogP) is 2.40. The lowest BCUT2D eigenvalue weighted by atomic mass is 10.1. The first-order valence-corrected chi connectivity index (χ1v) is 3.03. The van der Waals surface area contributed by atoms with E-state index < -0.39 is 0 Å². The monoisotopic (exact) mass is 98.1 g/mol. The molecule has 0 aliphatic heterocycles. The van der Waals surface area contributed by atoms with E-state index in [0.717, 1.165) is 6.32 Å². The Bertz CT molecular complexity index is 11.7. The Morgan fingerprint density at radius 2 is 1.14 bits per heavy atom. The average Bonchev–Trinajstić information content (AvgIpc) is 1.69. The van der Waals surface area contributed by atoms with Gasteiger partial charge in [-0.1, -0.05) is 39.9 Å². The summed E-state index contributed by atoms with van der Waals surface area (Å²) in [7, 11) is 4.85. The van der Waals surface area contributed by atoms with Crippen LogP contribution in [0, 0.1) is 0 Å². The molecule has 0 spiro atoms. The van der Waals surface area contributed by atoms with Crippen LogP contribution in [0.2, 0.25) is 6.32 Å². The van der Waals surface area contributed by atoms with E-state index in [-0.39, 0.29) is 0 Å². The lowest BCUT2D eigenvalue weighted by Gasteiger charge is -1.68. The topological polar surface area (TPSA) is 0 Å². The van der Waals surface area contributed by atoms with Crippen LogP contribution < -0.4 is 0 Å². The Morgan fingerprint density at radius 3 is 1.14 bits per heavy atom. The van der Waals surface area contributed by atoms with Crippen molar-refractivity contribution in [2.45, 2.75) is 39.9 Å². The summed E-state index contributed by atoms with van der Waals surface area (Å²) in [6.45, 7) is 6.26. The van der Waals surface area contributed by atoms with Crippen molar-refractivity contribution >= 4 is 7.85 Å². The highest BCUT2D eigenvalue weighted by atomic mass is 13.6. The van der Waals surface area contributed by atoms with Crippen molar-refractivity contribution in [3.63, 3.8) is 0 Å². The van der Waals surface area contributed by atoms with Crippen molar-refractivity contribution in [2.24, 2.45) is 0 Å². The van der Waals surface area contributed by atoms with Gasteiger partial charge in [-0.3, -0.25) is 0 Å². The van der Waals surface area contributed by atoms with Crippen molar-refractivity contribution in [3.8, 4) is 0 Å². The van der Waals surface area contributed by atoms with Gasteiger partial charge < -0.3 is 0 Å². The van der Waals surface area contributed by atoms with Gasteiger partial charge in [-0.15, -0.1) is 0 Å². The zero-order chi connectivity index (χ0) is 6.12. The molecule has 7 heavy (non-hydrogen) atoms. The van der Waals surface area contributed by atoms with Gasteiger partial charge >= 0.3 is 0 Å². The van der Waals surface area contributed by atoms with Crippen LogP contribution in [0.1, 0.15) is 33.6 Å². The van der Waals surface area contributed by atoms with Crippen molar-refractivity contribution in [2.75, 3.05) is 0 Å². The van der Waals surface area contributed by atoms with E-state index in [4.69, 9.17) is 7.85 Å². The van der Waals surface area contributed by atoms with E-state index >= 15 is 0 Å². The van der Waals surface area contributed by atoms with Crippen LogP contribution in [0.15, 0.2) is 0 Å². The molecule has 0 fully saturated rings. The molecule has 1 heteroatoms. The Labute approximate surface area is 48.7 Å². The highest BCUT2D eigenvalue weighted by Crippen LogP contribution is 1.76. The van der Waals surface area contributed by atoms with E-state index in [1.807, 2.05) is 6.92 Å². The molecule has 0 aromatic heterocycles. The molecule has 0 heterocycles. The van der Waals surface area contributed by atoms with Gasteiger partial charge in [0.15, 0.2) is 0 Å². The molecule has 0 rings (SSSR count). The van der Waals surface area contributed by atoms with Gasteiger partial charge in [-0.2, -0.15) is 0 Å². The van der Waals surface area contributed by atoms with Gasteiger partial charge in [0.2, 0.25) is 0 Å². The van der Waals surface area contributed by atoms with Crippen molar-refractivity contribution in [3.05, 3.63) is 0 Å². The fraction of sp³-hybridized carbons (Fsp3) is 1.00. The third-order valence-electron chi connectivity index (χ3n) is 0.500. The summed E-state index contributed by atoms with van der Waals surface area (Å²) >= 11 is 0. The zero-order valence-electron chi connectivity index (χ0n) is 5.70. The van der Waals surface area contributed by atoms with Crippen molar-refractivity contribution < 1.29 is 0 Å². The smallest absolute Gasteiger partial charge is 0.0649 e. The van der Waals surface area contributed by atoms with Crippen molar-refractivity contribution in [1.82, 2.24) is 0 Å². The summed E-state index contributed by atoms with van der Waals surface area (Å²) in [4.78, 5) is 0. The number of hydrogen-bond acceptors (Lipinski definition) is 0. The van der Waals surface area contributed by atoms with Gasteiger partial charge in [-0.25, -0.2) is 0 Å². The summed E-state index contributed by atoms with van der Waals surface area (Å²) in [6, 6.07) is 0. The van der Waals surface area contributed by atoms with E-state index in [9.17, 15) is 0 Å². The summed E-state index contributed by atoms with van der Waals surface area (Å²) < 4.78 is 0. The first-order valence-electron chi connectivity index (χ1n) is 3.03. The quantitative estimate of drug-likeness (QED) is 0.441. The average molecular weight is 98.0 g/mol. The van der Waals surface area contributed by atoms with Crippen LogP contribution in [0.5, 0.6) is 0 Å². The fourth-order valence-electron chi connectivity index (χ4n) is 0. The summed E-state index contributed by atoms with van der Waals surface area (Å²) in [5.41, 5.74) is 0. The Morgan fingerprint density at radius 1 is 1.00 bits per heavy atom. The lowest BCUT2D eigenvalue weighted by molar-refractivity contribution is 0.886. The third kappa shape index (κ3) is 88.4. The van der Waals surface area contributed by atoms with Crippen molar-refractivity contribution in [1.29, 1.82) is 0 Å². The molecule has 0 saturated carbocycles. The lowest BCUT2D eigenvalue weighted by Crippen LogP contribution is -1.47. The molecule has 0 aromatic carbocycles. The predicted molar refractivity (Wildman–Crippen MR) is 36.8 cm³/mol. The molecule has 0 amide bonds. The molecule has 2 radical (unpaired) electrons. The highest BCUT2D eigenvalue weighted by molar-refractivity contribution is 6.08. The first-order chi connectivity index (χ1) is 3.33. The summed E-state index contributed by atoms with van der Waals surface area (Å²) in [5.74, 6) is 0. The van der Waals surface area contributed by atoms with Crippen LogP contribution >= 0.6 is 0 Å². The second-order valence-electron chi connectivity index (χ2n) is 1.41. The highest BCUT2D eigenvalue weighted by Gasteiger charge is 1.56. The van der Waals surface area contributed by atoms with Crippen LogP contribution in [-0.4, -0.2) is 7.85 Å². The molecule has 0 aliphatic carbocycles. The van der Waals surface area contributed by atoms with Gasteiger partial charge in [0.25, 0.3) is 0 Å². The molecule has 42 valence electrons. The largest absolute Gasteiger partial charge is 0.0915 e. The molecule has 0 unspecified atom stereocenters. The van der Waals surface area contributed by atoms with E-state index in [0.29, 0.717) is 0 Å². The maximum Gasteiger partial charge on any atom is 0.0649 e. The summed E-state index contributed by atoms with van der Waals surface area (Å²) in [6.07, 6.45) is 3.39. The second kappa shape index (κ2) is 16.6. The van der Waals surface area contributed by atoms with E-state index in [2.05, 4.69) is 13.8 Å². The molecule has 0 aromatic rings. The molecular weight excluding hydrogens is 82.9 g/mol. The molecule has 0 N–H and O–H groups in total. The molecule has 0 saturated heterocycles.